The number of nitrogens with two attached hydrogens (primary N) is 1. The zero-order valence-electron chi connectivity index (χ0n) is 14.8. The number of ether oxygens (including phenoxy) is 2. The Bertz CT molecular complexity index is 848. The molecule has 1 saturated carbocycles. The lowest BCUT2D eigenvalue weighted by molar-refractivity contribution is 0.222. The lowest BCUT2D eigenvalue weighted by atomic mass is 9.77. The number of aromatic nitrogens is 2. The van der Waals surface area contributed by atoms with Crippen LogP contribution in [0.3, 0.4) is 0 Å². The molecule has 4 rings (SSSR count). The quantitative estimate of drug-likeness (QED) is 0.660. The average molecular weight is 388 g/mol. The van der Waals surface area contributed by atoms with Crippen LogP contribution in [-0.2, 0) is 18.8 Å². The number of hydrogen-bond donors (Lipinski definition) is 1. The Hall–Kier alpha value is -2.57. The zero-order chi connectivity index (χ0) is 17.8. The van der Waals surface area contributed by atoms with Gasteiger partial charge in [0.2, 0.25) is 0 Å². The van der Waals surface area contributed by atoms with Crippen molar-refractivity contribution >= 4 is 12.4 Å². The first-order chi connectivity index (χ1) is 12.7. The summed E-state index contributed by atoms with van der Waals surface area (Å²) in [5.41, 5.74) is 6.90. The summed E-state index contributed by atoms with van der Waals surface area (Å²) in [6.45, 7) is 0.750. The van der Waals surface area contributed by atoms with Crippen molar-refractivity contribution in [3.63, 3.8) is 0 Å². The predicted molar refractivity (Wildman–Crippen MR) is 103 cm³/mol. The van der Waals surface area contributed by atoms with E-state index in [-0.39, 0.29) is 19.0 Å². The van der Waals surface area contributed by atoms with Crippen LogP contribution in [0.1, 0.15) is 36.5 Å². The summed E-state index contributed by atoms with van der Waals surface area (Å²) in [4.78, 5) is 4.35. The van der Waals surface area contributed by atoms with Gasteiger partial charge in [-0.3, -0.25) is 0 Å². The fraction of sp³-hybridized carbons (Fsp3) is 0.300. The van der Waals surface area contributed by atoms with E-state index in [1.54, 1.807) is 0 Å². The third kappa shape index (κ3) is 4.59. The monoisotopic (exact) mass is 387 g/mol. The van der Waals surface area contributed by atoms with Gasteiger partial charge >= 0.3 is 0 Å². The zero-order valence-corrected chi connectivity index (χ0v) is 15.7. The molecule has 2 N–H and O–H groups in total. The van der Waals surface area contributed by atoms with Gasteiger partial charge in [-0.2, -0.15) is 4.98 Å². The van der Waals surface area contributed by atoms with Gasteiger partial charge in [0.1, 0.15) is 18.1 Å². The third-order valence-corrected chi connectivity index (χ3v) is 4.59. The molecule has 0 bridgehead atoms. The van der Waals surface area contributed by atoms with Crippen LogP contribution in [-0.4, -0.2) is 10.1 Å². The SMILES string of the molecule is Cl.NC1(c2noc(COc3ccc(OCc4ccccc4)cc3)n2)CCC1. The minimum absolute atomic E-state index is 0. The molecule has 0 unspecified atom stereocenters. The van der Waals surface area contributed by atoms with Crippen LogP contribution in [0.15, 0.2) is 59.1 Å². The van der Waals surface area contributed by atoms with E-state index in [4.69, 9.17) is 19.7 Å². The van der Waals surface area contributed by atoms with E-state index in [1.165, 1.54) is 0 Å². The Labute approximate surface area is 164 Å². The van der Waals surface area contributed by atoms with Crippen LogP contribution in [0.2, 0.25) is 0 Å². The van der Waals surface area contributed by atoms with E-state index < -0.39 is 5.54 Å². The van der Waals surface area contributed by atoms with Gasteiger partial charge in [0.05, 0.1) is 5.54 Å². The average Bonchev–Trinajstić information content (AvgIpc) is 3.14. The molecule has 1 fully saturated rings. The summed E-state index contributed by atoms with van der Waals surface area (Å²) >= 11 is 0. The third-order valence-electron chi connectivity index (χ3n) is 4.59. The molecule has 0 atom stereocenters. The number of halogens is 1. The summed E-state index contributed by atoms with van der Waals surface area (Å²) in [7, 11) is 0. The summed E-state index contributed by atoms with van der Waals surface area (Å²) in [5, 5.41) is 3.98. The number of rotatable bonds is 7. The topological polar surface area (TPSA) is 83.4 Å². The number of nitrogens with zero attached hydrogens (tertiary/aromatic N) is 2. The Balaban J connectivity index is 0.00000210. The molecule has 6 nitrogen and oxygen atoms in total. The van der Waals surface area contributed by atoms with E-state index in [2.05, 4.69) is 10.1 Å². The maximum absolute atomic E-state index is 6.19. The molecule has 0 radical (unpaired) electrons. The Morgan fingerprint density at radius 1 is 0.926 bits per heavy atom. The van der Waals surface area contributed by atoms with Crippen molar-refractivity contribution in [2.75, 3.05) is 0 Å². The van der Waals surface area contributed by atoms with E-state index in [0.717, 1.165) is 30.6 Å². The molecular weight excluding hydrogens is 366 g/mol. The van der Waals surface area contributed by atoms with Crippen molar-refractivity contribution in [1.29, 1.82) is 0 Å². The highest BCUT2D eigenvalue weighted by Crippen LogP contribution is 2.36. The highest BCUT2D eigenvalue weighted by Gasteiger charge is 2.38. The minimum atomic E-state index is -0.417. The fourth-order valence-electron chi connectivity index (χ4n) is 2.82. The molecule has 0 saturated heterocycles. The molecular formula is C20H22ClN3O3. The summed E-state index contributed by atoms with van der Waals surface area (Å²) in [6.07, 6.45) is 2.91. The first-order valence-corrected chi connectivity index (χ1v) is 8.73. The van der Waals surface area contributed by atoms with Gasteiger partial charge in [-0.05, 0) is 49.1 Å². The van der Waals surface area contributed by atoms with Crippen LogP contribution < -0.4 is 15.2 Å². The molecule has 0 spiro atoms. The maximum atomic E-state index is 6.19. The fourth-order valence-corrected chi connectivity index (χ4v) is 2.82. The Morgan fingerprint density at radius 2 is 1.56 bits per heavy atom. The van der Waals surface area contributed by atoms with E-state index >= 15 is 0 Å². The second-order valence-corrected chi connectivity index (χ2v) is 6.56. The second-order valence-electron chi connectivity index (χ2n) is 6.56. The summed E-state index contributed by atoms with van der Waals surface area (Å²) in [5.74, 6) is 2.51. The standard InChI is InChI=1S/C20H21N3O3.ClH/c21-20(11-4-12-20)19-22-18(26-23-19)14-25-17-9-7-16(8-10-17)24-13-15-5-2-1-3-6-15;/h1-3,5-10H,4,11-14,21H2;1H. The molecule has 2 aromatic carbocycles. The van der Waals surface area contributed by atoms with Crippen LogP contribution >= 0.6 is 12.4 Å². The van der Waals surface area contributed by atoms with Gasteiger partial charge < -0.3 is 19.7 Å². The van der Waals surface area contributed by atoms with Gasteiger partial charge in [-0.1, -0.05) is 35.5 Å². The van der Waals surface area contributed by atoms with Crippen LogP contribution in [0, 0.1) is 0 Å². The van der Waals surface area contributed by atoms with Crippen LogP contribution in [0.5, 0.6) is 11.5 Å². The second kappa shape index (κ2) is 8.41. The molecule has 1 aliphatic rings. The molecule has 1 heterocycles. The van der Waals surface area contributed by atoms with Crippen molar-refractivity contribution in [2.24, 2.45) is 5.73 Å². The van der Waals surface area contributed by atoms with Crippen molar-refractivity contribution in [1.82, 2.24) is 10.1 Å². The minimum Gasteiger partial charge on any atom is -0.489 e. The Kier molecular flexibility index (Phi) is 5.98. The highest BCUT2D eigenvalue weighted by atomic mass is 35.5. The lowest BCUT2D eigenvalue weighted by Crippen LogP contribution is -2.44. The first-order valence-electron chi connectivity index (χ1n) is 8.73. The molecule has 27 heavy (non-hydrogen) atoms. The normalized spacial score (nSPS) is 14.7. The summed E-state index contributed by atoms with van der Waals surface area (Å²) < 4.78 is 16.7. The van der Waals surface area contributed by atoms with Gasteiger partial charge in [0.25, 0.3) is 5.89 Å². The molecule has 142 valence electrons. The van der Waals surface area contributed by atoms with Crippen LogP contribution in [0.25, 0.3) is 0 Å². The van der Waals surface area contributed by atoms with Crippen molar-refractivity contribution < 1.29 is 14.0 Å². The van der Waals surface area contributed by atoms with Gasteiger partial charge in [-0.25, -0.2) is 0 Å². The molecule has 0 aliphatic heterocycles. The number of hydrogen-bond acceptors (Lipinski definition) is 6. The van der Waals surface area contributed by atoms with Gasteiger partial charge in [0.15, 0.2) is 12.4 Å². The lowest BCUT2D eigenvalue weighted by Gasteiger charge is -2.34. The molecule has 7 heteroatoms. The highest BCUT2D eigenvalue weighted by molar-refractivity contribution is 5.85. The molecule has 1 aliphatic carbocycles. The number of benzene rings is 2. The van der Waals surface area contributed by atoms with Gasteiger partial charge in [0, 0.05) is 0 Å². The molecule has 3 aromatic rings. The van der Waals surface area contributed by atoms with Crippen molar-refractivity contribution in [3.8, 4) is 11.5 Å². The Morgan fingerprint density at radius 3 is 2.15 bits per heavy atom. The van der Waals surface area contributed by atoms with Crippen LogP contribution in [0.4, 0.5) is 0 Å². The predicted octanol–water partition coefficient (Wildman–Crippen LogP) is 3.99. The van der Waals surface area contributed by atoms with E-state index in [9.17, 15) is 0 Å². The maximum Gasteiger partial charge on any atom is 0.264 e. The van der Waals surface area contributed by atoms with Crippen molar-refractivity contribution in [2.45, 2.75) is 38.0 Å². The smallest absolute Gasteiger partial charge is 0.264 e. The van der Waals surface area contributed by atoms with Gasteiger partial charge in [-0.15, -0.1) is 12.4 Å². The summed E-state index contributed by atoms with van der Waals surface area (Å²) in [6, 6.07) is 17.5. The van der Waals surface area contributed by atoms with Crippen molar-refractivity contribution in [3.05, 3.63) is 71.9 Å². The molecule has 0 amide bonds. The molecule has 1 aromatic heterocycles. The largest absolute Gasteiger partial charge is 0.489 e. The van der Waals surface area contributed by atoms with E-state index in [0.29, 0.717) is 24.1 Å². The first kappa shape index (κ1) is 19.2. The van der Waals surface area contributed by atoms with E-state index in [1.807, 2.05) is 54.6 Å².